The van der Waals surface area contributed by atoms with Gasteiger partial charge in [-0.25, -0.2) is 4.98 Å². The fraction of sp³-hybridized carbons (Fsp3) is 0.214. The molecule has 1 aromatic carbocycles. The predicted molar refractivity (Wildman–Crippen MR) is 71.0 cm³/mol. The first-order valence-electron chi connectivity index (χ1n) is 5.94. The van der Waals surface area contributed by atoms with E-state index in [9.17, 15) is 9.59 Å². The summed E-state index contributed by atoms with van der Waals surface area (Å²) in [5, 5.41) is 8.77. The van der Waals surface area contributed by atoms with E-state index in [0.29, 0.717) is 17.0 Å². The number of aromatic nitrogens is 2. The smallest absolute Gasteiger partial charge is 0.309 e. The summed E-state index contributed by atoms with van der Waals surface area (Å²) >= 11 is 0. The van der Waals surface area contributed by atoms with Crippen molar-refractivity contribution in [1.82, 2.24) is 9.55 Å². The van der Waals surface area contributed by atoms with Crippen LogP contribution in [0.15, 0.2) is 30.5 Å². The summed E-state index contributed by atoms with van der Waals surface area (Å²) in [7, 11) is 3.18. The third kappa shape index (κ3) is 2.69. The summed E-state index contributed by atoms with van der Waals surface area (Å²) in [6, 6.07) is 6.67. The SMILES string of the molecule is COc1ccc(C(=O)c2ncc(CC(=O)O)n2C)cc1. The van der Waals surface area contributed by atoms with Crippen LogP contribution in [0.4, 0.5) is 0 Å². The number of hydrogen-bond donors (Lipinski definition) is 1. The van der Waals surface area contributed by atoms with E-state index in [4.69, 9.17) is 9.84 Å². The molecule has 0 radical (unpaired) electrons. The number of ketones is 1. The Morgan fingerprint density at radius 3 is 2.50 bits per heavy atom. The molecule has 0 aliphatic heterocycles. The Morgan fingerprint density at radius 2 is 1.95 bits per heavy atom. The Bertz CT molecular complexity index is 644. The van der Waals surface area contributed by atoms with Gasteiger partial charge in [0.15, 0.2) is 5.82 Å². The highest BCUT2D eigenvalue weighted by molar-refractivity contribution is 6.06. The first-order valence-corrected chi connectivity index (χ1v) is 5.94. The lowest BCUT2D eigenvalue weighted by molar-refractivity contribution is -0.136. The predicted octanol–water partition coefficient (Wildman–Crippen LogP) is 1.29. The molecular formula is C14H14N2O4. The van der Waals surface area contributed by atoms with Crippen molar-refractivity contribution in [1.29, 1.82) is 0 Å². The van der Waals surface area contributed by atoms with E-state index in [0.717, 1.165) is 0 Å². The van der Waals surface area contributed by atoms with Crippen LogP contribution in [0.25, 0.3) is 0 Å². The summed E-state index contributed by atoms with van der Waals surface area (Å²) in [4.78, 5) is 27.0. The van der Waals surface area contributed by atoms with Gasteiger partial charge >= 0.3 is 5.97 Å². The molecule has 0 atom stereocenters. The molecule has 1 N–H and O–H groups in total. The molecule has 20 heavy (non-hydrogen) atoms. The molecular weight excluding hydrogens is 260 g/mol. The number of carbonyl (C=O) groups is 2. The molecule has 0 saturated carbocycles. The quantitative estimate of drug-likeness (QED) is 0.831. The second-order valence-corrected chi connectivity index (χ2v) is 4.26. The van der Waals surface area contributed by atoms with E-state index in [1.54, 1.807) is 38.4 Å². The van der Waals surface area contributed by atoms with Gasteiger partial charge in [-0.05, 0) is 24.3 Å². The summed E-state index contributed by atoms with van der Waals surface area (Å²) in [5.74, 6) is -0.345. The monoisotopic (exact) mass is 274 g/mol. The number of rotatable bonds is 5. The van der Waals surface area contributed by atoms with E-state index in [2.05, 4.69) is 4.98 Å². The molecule has 0 amide bonds. The van der Waals surface area contributed by atoms with Crippen molar-refractivity contribution in [3.63, 3.8) is 0 Å². The van der Waals surface area contributed by atoms with Crippen LogP contribution in [0.5, 0.6) is 5.75 Å². The Kier molecular flexibility index (Phi) is 3.84. The third-order valence-electron chi connectivity index (χ3n) is 2.97. The fourth-order valence-electron chi connectivity index (χ4n) is 1.85. The van der Waals surface area contributed by atoms with Gasteiger partial charge in [0, 0.05) is 24.5 Å². The molecule has 0 bridgehead atoms. The average molecular weight is 274 g/mol. The maximum Gasteiger partial charge on any atom is 0.309 e. The largest absolute Gasteiger partial charge is 0.497 e. The summed E-state index contributed by atoms with van der Waals surface area (Å²) in [6.07, 6.45) is 1.24. The van der Waals surface area contributed by atoms with Crippen LogP contribution in [0, 0.1) is 0 Å². The maximum absolute atomic E-state index is 12.3. The van der Waals surface area contributed by atoms with Gasteiger partial charge < -0.3 is 14.4 Å². The van der Waals surface area contributed by atoms with E-state index in [1.165, 1.54) is 10.8 Å². The average Bonchev–Trinajstić information content (AvgIpc) is 2.79. The van der Waals surface area contributed by atoms with E-state index in [1.807, 2.05) is 0 Å². The number of carboxylic acid groups (broad SMARTS) is 1. The molecule has 6 heteroatoms. The molecule has 0 unspecified atom stereocenters. The number of imidazole rings is 1. The highest BCUT2D eigenvalue weighted by Crippen LogP contribution is 2.15. The zero-order chi connectivity index (χ0) is 14.7. The van der Waals surface area contributed by atoms with Crippen LogP contribution < -0.4 is 4.74 Å². The Morgan fingerprint density at radius 1 is 1.30 bits per heavy atom. The number of carbonyl (C=O) groups excluding carboxylic acids is 1. The molecule has 1 aromatic heterocycles. The van der Waals surface area contributed by atoms with E-state index in [-0.39, 0.29) is 18.0 Å². The lowest BCUT2D eigenvalue weighted by Gasteiger charge is -2.05. The van der Waals surface area contributed by atoms with Crippen LogP contribution in [-0.2, 0) is 18.3 Å². The molecule has 0 fully saturated rings. The Hall–Kier alpha value is -2.63. The zero-order valence-electron chi connectivity index (χ0n) is 11.2. The zero-order valence-corrected chi connectivity index (χ0v) is 11.2. The van der Waals surface area contributed by atoms with Crippen LogP contribution in [-0.4, -0.2) is 33.5 Å². The number of benzene rings is 1. The minimum absolute atomic E-state index is 0.167. The summed E-state index contributed by atoms with van der Waals surface area (Å²) in [5.41, 5.74) is 0.954. The van der Waals surface area contributed by atoms with Gasteiger partial charge in [0.05, 0.1) is 13.5 Å². The van der Waals surface area contributed by atoms with Crippen LogP contribution in [0.3, 0.4) is 0 Å². The van der Waals surface area contributed by atoms with Crippen LogP contribution in [0.1, 0.15) is 21.9 Å². The Labute approximate surface area is 115 Å². The van der Waals surface area contributed by atoms with Gasteiger partial charge in [-0.1, -0.05) is 0 Å². The van der Waals surface area contributed by atoms with Crippen LogP contribution in [0.2, 0.25) is 0 Å². The molecule has 0 aliphatic carbocycles. The normalized spacial score (nSPS) is 10.3. The van der Waals surface area contributed by atoms with E-state index < -0.39 is 5.97 Å². The molecule has 0 saturated heterocycles. The van der Waals surface area contributed by atoms with Crippen molar-refractivity contribution >= 4 is 11.8 Å². The van der Waals surface area contributed by atoms with Gasteiger partial charge in [-0.15, -0.1) is 0 Å². The summed E-state index contributed by atoms with van der Waals surface area (Å²) < 4.78 is 6.53. The van der Waals surface area contributed by atoms with Gasteiger partial charge in [-0.2, -0.15) is 0 Å². The fourth-order valence-corrected chi connectivity index (χ4v) is 1.85. The first-order chi connectivity index (χ1) is 9.52. The highest BCUT2D eigenvalue weighted by Gasteiger charge is 2.17. The number of nitrogens with zero attached hydrogens (tertiary/aromatic N) is 2. The van der Waals surface area contributed by atoms with Crippen LogP contribution >= 0.6 is 0 Å². The lowest BCUT2D eigenvalue weighted by atomic mass is 10.1. The minimum Gasteiger partial charge on any atom is -0.497 e. The number of methoxy groups -OCH3 is 1. The van der Waals surface area contributed by atoms with Crippen molar-refractivity contribution in [2.45, 2.75) is 6.42 Å². The standard InChI is InChI=1S/C14H14N2O4/c1-16-10(7-12(17)18)8-15-14(16)13(19)9-3-5-11(20-2)6-4-9/h3-6,8H,7H2,1-2H3,(H,17,18). The molecule has 2 aromatic rings. The van der Waals surface area contributed by atoms with Crippen molar-refractivity contribution in [2.24, 2.45) is 7.05 Å². The number of carboxylic acids is 1. The topological polar surface area (TPSA) is 81.4 Å². The van der Waals surface area contributed by atoms with E-state index >= 15 is 0 Å². The van der Waals surface area contributed by atoms with Crippen molar-refractivity contribution in [3.8, 4) is 5.75 Å². The molecule has 6 nitrogen and oxygen atoms in total. The molecule has 104 valence electrons. The number of aliphatic carboxylic acids is 1. The minimum atomic E-state index is -0.962. The molecule has 1 heterocycles. The van der Waals surface area contributed by atoms with Crippen molar-refractivity contribution in [2.75, 3.05) is 7.11 Å². The second kappa shape index (κ2) is 5.56. The van der Waals surface area contributed by atoms with Gasteiger partial charge in [0.1, 0.15) is 5.75 Å². The van der Waals surface area contributed by atoms with Gasteiger partial charge in [0.25, 0.3) is 0 Å². The van der Waals surface area contributed by atoms with Gasteiger partial charge in [0.2, 0.25) is 5.78 Å². The molecule has 2 rings (SSSR count). The second-order valence-electron chi connectivity index (χ2n) is 4.26. The number of ether oxygens (including phenoxy) is 1. The molecule has 0 aliphatic rings. The number of hydrogen-bond acceptors (Lipinski definition) is 4. The third-order valence-corrected chi connectivity index (χ3v) is 2.97. The van der Waals surface area contributed by atoms with Crippen molar-refractivity contribution in [3.05, 3.63) is 47.5 Å². The first kappa shape index (κ1) is 13.8. The highest BCUT2D eigenvalue weighted by atomic mass is 16.5. The maximum atomic E-state index is 12.3. The summed E-state index contributed by atoms with van der Waals surface area (Å²) in [6.45, 7) is 0. The Balaban J connectivity index is 2.28. The lowest BCUT2D eigenvalue weighted by Crippen LogP contribution is -2.12. The molecule has 0 spiro atoms. The van der Waals surface area contributed by atoms with Gasteiger partial charge in [-0.3, -0.25) is 9.59 Å². The van der Waals surface area contributed by atoms with Crippen molar-refractivity contribution < 1.29 is 19.4 Å².